The zero-order valence-electron chi connectivity index (χ0n) is 19.4. The topological polar surface area (TPSA) is 71.8 Å². The minimum absolute atomic E-state index is 0.0378. The van der Waals surface area contributed by atoms with Crippen LogP contribution in [0.3, 0.4) is 0 Å². The Balaban J connectivity index is 1.52. The molecule has 0 radical (unpaired) electrons. The molecule has 0 unspecified atom stereocenters. The highest BCUT2D eigenvalue weighted by atomic mass is 16.5. The van der Waals surface area contributed by atoms with Crippen molar-refractivity contribution < 1.29 is 18.7 Å². The van der Waals surface area contributed by atoms with Gasteiger partial charge in [-0.3, -0.25) is 9.59 Å². The Hall–Kier alpha value is -3.28. The molecule has 0 atom stereocenters. The molecule has 1 aliphatic heterocycles. The number of likely N-dealkylation sites (tertiary alicyclic amines) is 1. The Bertz CT molecular complexity index is 1100. The second kappa shape index (κ2) is 10.6. The van der Waals surface area contributed by atoms with Crippen molar-refractivity contribution >= 4 is 22.8 Å². The van der Waals surface area contributed by atoms with Crippen molar-refractivity contribution in [3.63, 3.8) is 0 Å². The molecule has 3 aromatic rings. The van der Waals surface area contributed by atoms with E-state index in [-0.39, 0.29) is 17.7 Å². The van der Waals surface area contributed by atoms with Gasteiger partial charge in [-0.2, -0.15) is 0 Å². The lowest BCUT2D eigenvalue weighted by Crippen LogP contribution is -2.43. The lowest BCUT2D eigenvalue weighted by atomic mass is 9.95. The maximum atomic E-state index is 13.5. The summed E-state index contributed by atoms with van der Waals surface area (Å²) in [7, 11) is 1.61. The Morgan fingerprint density at radius 2 is 1.85 bits per heavy atom. The van der Waals surface area contributed by atoms with Gasteiger partial charge < -0.3 is 19.4 Å². The number of piperidine rings is 1. The highest BCUT2D eigenvalue weighted by Crippen LogP contribution is 2.37. The summed E-state index contributed by atoms with van der Waals surface area (Å²) in [6, 6.07) is 15.5. The van der Waals surface area contributed by atoms with Gasteiger partial charge in [0.1, 0.15) is 11.3 Å². The van der Waals surface area contributed by atoms with Crippen LogP contribution in [-0.2, 0) is 4.79 Å². The Kier molecular flexibility index (Phi) is 7.33. The fourth-order valence-electron chi connectivity index (χ4n) is 4.47. The van der Waals surface area contributed by atoms with Crippen LogP contribution in [0.5, 0.6) is 5.75 Å². The van der Waals surface area contributed by atoms with Crippen molar-refractivity contribution in [3.8, 4) is 16.9 Å². The number of rotatable bonds is 8. The van der Waals surface area contributed by atoms with Crippen molar-refractivity contribution in [2.75, 3.05) is 26.7 Å². The van der Waals surface area contributed by atoms with Gasteiger partial charge >= 0.3 is 0 Å². The van der Waals surface area contributed by atoms with Crippen LogP contribution in [0.25, 0.3) is 22.1 Å². The van der Waals surface area contributed by atoms with Gasteiger partial charge in [0, 0.05) is 42.6 Å². The summed E-state index contributed by atoms with van der Waals surface area (Å²) in [5.41, 5.74) is 2.36. The number of benzene rings is 2. The molecule has 0 saturated carbocycles. The standard InChI is InChI=1S/C27H32N2O4/c1-3-4-8-15-28-26(30)20-13-16-29(17-14-20)27(31)25-24(19-9-6-5-7-10-19)22-12-11-21(32-2)18-23(22)33-25/h5-7,9-12,18,20H,3-4,8,13-17H2,1-2H3,(H,28,30). The van der Waals surface area contributed by atoms with E-state index in [1.54, 1.807) is 7.11 Å². The normalized spacial score (nSPS) is 14.4. The number of amides is 2. The van der Waals surface area contributed by atoms with E-state index in [0.29, 0.717) is 43.0 Å². The fraction of sp³-hybridized carbons (Fsp3) is 0.407. The number of nitrogens with one attached hydrogen (secondary N) is 1. The number of fused-ring (bicyclic) bond motifs is 1. The highest BCUT2D eigenvalue weighted by molar-refractivity contribution is 6.08. The average Bonchev–Trinajstić information content (AvgIpc) is 3.25. The lowest BCUT2D eigenvalue weighted by molar-refractivity contribution is -0.126. The first-order valence-corrected chi connectivity index (χ1v) is 11.8. The van der Waals surface area contributed by atoms with Crippen LogP contribution in [0.1, 0.15) is 49.6 Å². The van der Waals surface area contributed by atoms with Crippen molar-refractivity contribution in [1.82, 2.24) is 10.2 Å². The van der Waals surface area contributed by atoms with Crippen LogP contribution >= 0.6 is 0 Å². The molecule has 4 rings (SSSR count). The maximum absolute atomic E-state index is 13.5. The molecule has 6 heteroatoms. The Morgan fingerprint density at radius 3 is 2.55 bits per heavy atom. The zero-order chi connectivity index (χ0) is 23.2. The van der Waals surface area contributed by atoms with E-state index in [0.717, 1.165) is 42.3 Å². The smallest absolute Gasteiger partial charge is 0.290 e. The van der Waals surface area contributed by atoms with Crippen LogP contribution < -0.4 is 10.1 Å². The molecule has 2 heterocycles. The molecule has 6 nitrogen and oxygen atoms in total. The number of carbonyl (C=O) groups excluding carboxylic acids is 2. The quantitative estimate of drug-likeness (QED) is 0.477. The summed E-state index contributed by atoms with van der Waals surface area (Å²) in [6.45, 7) is 3.96. The first-order valence-electron chi connectivity index (χ1n) is 11.8. The zero-order valence-corrected chi connectivity index (χ0v) is 19.4. The molecule has 1 aliphatic rings. The molecule has 1 fully saturated rings. The number of carbonyl (C=O) groups is 2. The van der Waals surface area contributed by atoms with Crippen LogP contribution in [0.4, 0.5) is 0 Å². The minimum Gasteiger partial charge on any atom is -0.497 e. The predicted molar refractivity (Wildman–Crippen MR) is 129 cm³/mol. The van der Waals surface area contributed by atoms with Gasteiger partial charge in [0.15, 0.2) is 0 Å². The average molecular weight is 449 g/mol. The molecule has 174 valence electrons. The summed E-state index contributed by atoms with van der Waals surface area (Å²) in [6.07, 6.45) is 4.61. The number of hydrogen-bond donors (Lipinski definition) is 1. The summed E-state index contributed by atoms with van der Waals surface area (Å²) in [5.74, 6) is 0.960. The maximum Gasteiger partial charge on any atom is 0.290 e. The molecule has 0 spiro atoms. The van der Waals surface area contributed by atoms with Gasteiger partial charge in [-0.05, 0) is 37.0 Å². The number of ether oxygens (including phenoxy) is 1. The number of hydrogen-bond acceptors (Lipinski definition) is 4. The molecule has 33 heavy (non-hydrogen) atoms. The first kappa shape index (κ1) is 22.9. The van der Waals surface area contributed by atoms with Gasteiger partial charge in [-0.15, -0.1) is 0 Å². The van der Waals surface area contributed by atoms with E-state index in [4.69, 9.17) is 9.15 Å². The third kappa shape index (κ3) is 5.05. The van der Waals surface area contributed by atoms with E-state index in [2.05, 4.69) is 12.2 Å². The monoisotopic (exact) mass is 448 g/mol. The highest BCUT2D eigenvalue weighted by Gasteiger charge is 2.31. The second-order valence-electron chi connectivity index (χ2n) is 8.60. The van der Waals surface area contributed by atoms with E-state index in [1.165, 1.54) is 0 Å². The SMILES string of the molecule is CCCCCNC(=O)C1CCN(C(=O)c2oc3cc(OC)ccc3c2-c2ccccc2)CC1. The van der Waals surface area contributed by atoms with Crippen LogP contribution in [0.2, 0.25) is 0 Å². The van der Waals surface area contributed by atoms with Gasteiger partial charge in [-0.1, -0.05) is 50.1 Å². The number of methoxy groups -OCH3 is 1. The largest absolute Gasteiger partial charge is 0.497 e. The fourth-order valence-corrected chi connectivity index (χ4v) is 4.47. The molecule has 1 saturated heterocycles. The molecule has 0 aliphatic carbocycles. The molecule has 2 aromatic carbocycles. The number of nitrogens with zero attached hydrogens (tertiary/aromatic N) is 1. The third-order valence-electron chi connectivity index (χ3n) is 6.39. The van der Waals surface area contributed by atoms with Gasteiger partial charge in [0.25, 0.3) is 5.91 Å². The molecule has 1 N–H and O–H groups in total. The molecular formula is C27H32N2O4. The molecule has 1 aromatic heterocycles. The molecule has 0 bridgehead atoms. The summed E-state index contributed by atoms with van der Waals surface area (Å²) >= 11 is 0. The Morgan fingerprint density at radius 1 is 1.09 bits per heavy atom. The second-order valence-corrected chi connectivity index (χ2v) is 8.60. The first-order chi connectivity index (χ1) is 16.1. The number of furan rings is 1. The van der Waals surface area contributed by atoms with Crippen LogP contribution in [0.15, 0.2) is 52.9 Å². The van der Waals surface area contributed by atoms with Gasteiger partial charge in [0.2, 0.25) is 11.7 Å². The van der Waals surface area contributed by atoms with Crippen molar-refractivity contribution in [2.24, 2.45) is 5.92 Å². The third-order valence-corrected chi connectivity index (χ3v) is 6.39. The van der Waals surface area contributed by atoms with Crippen molar-refractivity contribution in [3.05, 3.63) is 54.3 Å². The minimum atomic E-state index is -0.133. The number of unbranched alkanes of at least 4 members (excludes halogenated alkanes) is 2. The van der Waals surface area contributed by atoms with E-state index < -0.39 is 0 Å². The summed E-state index contributed by atoms with van der Waals surface area (Å²) < 4.78 is 11.4. The van der Waals surface area contributed by atoms with E-state index in [9.17, 15) is 9.59 Å². The molecular weight excluding hydrogens is 416 g/mol. The van der Waals surface area contributed by atoms with E-state index >= 15 is 0 Å². The van der Waals surface area contributed by atoms with Crippen LogP contribution in [-0.4, -0.2) is 43.5 Å². The molecule has 2 amide bonds. The lowest BCUT2D eigenvalue weighted by Gasteiger charge is -2.31. The predicted octanol–water partition coefficient (Wildman–Crippen LogP) is 5.27. The summed E-state index contributed by atoms with van der Waals surface area (Å²) in [4.78, 5) is 27.8. The van der Waals surface area contributed by atoms with Crippen molar-refractivity contribution in [2.45, 2.75) is 39.0 Å². The summed E-state index contributed by atoms with van der Waals surface area (Å²) in [5, 5.41) is 3.93. The van der Waals surface area contributed by atoms with Gasteiger partial charge in [-0.25, -0.2) is 0 Å². The van der Waals surface area contributed by atoms with E-state index in [1.807, 2.05) is 53.4 Å². The van der Waals surface area contributed by atoms with Gasteiger partial charge in [0.05, 0.1) is 7.11 Å². The Labute approximate surface area is 194 Å². The van der Waals surface area contributed by atoms with Crippen LogP contribution in [0, 0.1) is 5.92 Å². The van der Waals surface area contributed by atoms with Crippen molar-refractivity contribution in [1.29, 1.82) is 0 Å².